The van der Waals surface area contributed by atoms with Gasteiger partial charge in [0.2, 0.25) is 0 Å². The second-order valence-electron chi connectivity index (χ2n) is 6.00. The molecule has 2 heteroatoms. The largest absolute Gasteiger partial charge is 0.375 e. The first-order valence-corrected chi connectivity index (χ1v) is 6.69. The second kappa shape index (κ2) is 3.21. The topological polar surface area (TPSA) is 21.8 Å². The molecule has 2 bridgehead atoms. The third-order valence-electron chi connectivity index (χ3n) is 5.00. The number of hydrogen-bond donors (Lipinski definition) is 0. The Bertz CT molecular complexity index is 257. The molecular weight excluding hydrogens is 188 g/mol. The van der Waals surface area contributed by atoms with Gasteiger partial charge in [-0.3, -0.25) is 0 Å². The molecule has 6 unspecified atom stereocenters. The first-order valence-electron chi connectivity index (χ1n) is 6.69. The number of rotatable bonds is 2. The third-order valence-corrected chi connectivity index (χ3v) is 5.00. The Morgan fingerprint density at radius 1 is 0.800 bits per heavy atom. The molecule has 0 aromatic carbocycles. The van der Waals surface area contributed by atoms with E-state index in [-0.39, 0.29) is 0 Å². The predicted molar refractivity (Wildman–Crippen MR) is 56.6 cm³/mol. The van der Waals surface area contributed by atoms with Gasteiger partial charge < -0.3 is 9.47 Å². The van der Waals surface area contributed by atoms with Gasteiger partial charge in [0.05, 0.1) is 24.4 Å². The van der Waals surface area contributed by atoms with Crippen molar-refractivity contribution in [3.8, 4) is 0 Å². The molecule has 0 amide bonds. The maximum Gasteiger partial charge on any atom is 0.0844 e. The Morgan fingerprint density at radius 2 is 1.73 bits per heavy atom. The van der Waals surface area contributed by atoms with Crippen LogP contribution in [0.4, 0.5) is 0 Å². The van der Waals surface area contributed by atoms with Crippen molar-refractivity contribution in [3.05, 3.63) is 0 Å². The Hall–Kier alpha value is -0.0800. The van der Waals surface area contributed by atoms with Crippen LogP contribution in [-0.2, 0) is 9.47 Å². The number of hydrogen-bond acceptors (Lipinski definition) is 2. The van der Waals surface area contributed by atoms with Gasteiger partial charge in [-0.2, -0.15) is 0 Å². The van der Waals surface area contributed by atoms with Crippen LogP contribution in [0.5, 0.6) is 0 Å². The van der Waals surface area contributed by atoms with Crippen LogP contribution >= 0.6 is 0 Å². The summed E-state index contributed by atoms with van der Waals surface area (Å²) in [5, 5.41) is 0. The molecule has 5 fully saturated rings. The maximum atomic E-state index is 5.84. The molecule has 2 aliphatic carbocycles. The molecule has 6 atom stereocenters. The zero-order valence-corrected chi connectivity index (χ0v) is 9.23. The van der Waals surface area contributed by atoms with Crippen LogP contribution in [0.1, 0.15) is 44.9 Å². The first kappa shape index (κ1) is 9.00. The Balaban J connectivity index is 1.34. The highest BCUT2D eigenvalue weighted by atomic mass is 16.6. The lowest BCUT2D eigenvalue weighted by atomic mass is 9.73. The van der Waals surface area contributed by atoms with Gasteiger partial charge >= 0.3 is 0 Å². The Labute approximate surface area is 91.3 Å². The molecule has 0 aromatic rings. The zero-order valence-electron chi connectivity index (χ0n) is 9.23. The lowest BCUT2D eigenvalue weighted by Crippen LogP contribution is -2.48. The predicted octanol–water partition coefficient (Wildman–Crippen LogP) is 2.51. The third kappa shape index (κ3) is 1.53. The molecule has 5 rings (SSSR count). The molecule has 5 aliphatic rings. The van der Waals surface area contributed by atoms with Crippen molar-refractivity contribution < 1.29 is 9.47 Å². The fourth-order valence-corrected chi connectivity index (χ4v) is 3.97. The van der Waals surface area contributed by atoms with Gasteiger partial charge in [0.1, 0.15) is 0 Å². The second-order valence-corrected chi connectivity index (χ2v) is 6.00. The molecule has 15 heavy (non-hydrogen) atoms. The molecule has 2 saturated carbocycles. The van der Waals surface area contributed by atoms with E-state index in [1.807, 2.05) is 0 Å². The summed E-state index contributed by atoms with van der Waals surface area (Å²) < 4.78 is 11.4. The fourth-order valence-electron chi connectivity index (χ4n) is 3.97. The lowest BCUT2D eigenvalue weighted by molar-refractivity contribution is -0.188. The summed E-state index contributed by atoms with van der Waals surface area (Å²) in [5.74, 6) is 1.83. The van der Waals surface area contributed by atoms with Crippen LogP contribution in [0.15, 0.2) is 0 Å². The van der Waals surface area contributed by atoms with Gasteiger partial charge in [-0.15, -0.1) is 0 Å². The molecule has 2 nitrogen and oxygen atoms in total. The van der Waals surface area contributed by atoms with Gasteiger partial charge in [0.25, 0.3) is 0 Å². The summed E-state index contributed by atoms with van der Waals surface area (Å²) in [6.45, 7) is 0. The van der Waals surface area contributed by atoms with E-state index in [9.17, 15) is 0 Å². The van der Waals surface area contributed by atoms with Crippen LogP contribution in [-0.4, -0.2) is 24.4 Å². The molecular formula is C13H20O2. The highest BCUT2D eigenvalue weighted by Crippen LogP contribution is 2.46. The fraction of sp³-hybridized carbons (Fsp3) is 1.00. The van der Waals surface area contributed by atoms with Crippen LogP contribution in [0.2, 0.25) is 0 Å². The van der Waals surface area contributed by atoms with Crippen LogP contribution < -0.4 is 0 Å². The average Bonchev–Trinajstić information content (AvgIpc) is 2.94. The van der Waals surface area contributed by atoms with Crippen molar-refractivity contribution >= 4 is 0 Å². The van der Waals surface area contributed by atoms with Crippen molar-refractivity contribution in [2.45, 2.75) is 69.4 Å². The summed E-state index contributed by atoms with van der Waals surface area (Å²) in [6, 6.07) is 0. The molecule has 3 heterocycles. The summed E-state index contributed by atoms with van der Waals surface area (Å²) in [6.07, 6.45) is 12.2. The van der Waals surface area contributed by atoms with Crippen molar-refractivity contribution in [1.29, 1.82) is 0 Å². The molecule has 0 aromatic heterocycles. The quantitative estimate of drug-likeness (QED) is 0.650. The van der Waals surface area contributed by atoms with Crippen molar-refractivity contribution in [2.75, 3.05) is 0 Å². The molecule has 0 spiro atoms. The van der Waals surface area contributed by atoms with Crippen LogP contribution in [0.3, 0.4) is 0 Å². The van der Waals surface area contributed by atoms with E-state index >= 15 is 0 Å². The van der Waals surface area contributed by atoms with E-state index in [0.29, 0.717) is 24.4 Å². The van der Waals surface area contributed by atoms with Crippen molar-refractivity contribution in [3.63, 3.8) is 0 Å². The normalized spacial score (nSPS) is 56.8. The molecule has 84 valence electrons. The number of epoxide rings is 1. The van der Waals surface area contributed by atoms with E-state index in [1.165, 1.54) is 44.9 Å². The Morgan fingerprint density at radius 3 is 2.47 bits per heavy atom. The minimum absolute atomic E-state index is 0.640. The van der Waals surface area contributed by atoms with Gasteiger partial charge in [-0.05, 0) is 50.4 Å². The highest BCUT2D eigenvalue weighted by Gasteiger charge is 2.46. The number of ether oxygens (including phenoxy) is 2. The number of fused-ring (bicyclic) bond motifs is 3. The van der Waals surface area contributed by atoms with Crippen molar-refractivity contribution in [1.82, 2.24) is 0 Å². The summed E-state index contributed by atoms with van der Waals surface area (Å²) >= 11 is 0. The van der Waals surface area contributed by atoms with Crippen LogP contribution in [0, 0.1) is 11.8 Å². The minimum atomic E-state index is 0.640. The van der Waals surface area contributed by atoms with E-state index in [4.69, 9.17) is 9.47 Å². The monoisotopic (exact) mass is 208 g/mol. The van der Waals surface area contributed by atoms with Crippen LogP contribution in [0.25, 0.3) is 0 Å². The molecule has 3 saturated heterocycles. The summed E-state index contributed by atoms with van der Waals surface area (Å²) in [4.78, 5) is 0. The average molecular weight is 208 g/mol. The van der Waals surface area contributed by atoms with Gasteiger partial charge in [-0.25, -0.2) is 0 Å². The Kier molecular flexibility index (Phi) is 1.92. The van der Waals surface area contributed by atoms with E-state index < -0.39 is 0 Å². The zero-order chi connectivity index (χ0) is 9.83. The highest BCUT2D eigenvalue weighted by molar-refractivity contribution is 4.95. The van der Waals surface area contributed by atoms with Gasteiger partial charge in [0, 0.05) is 6.42 Å². The SMILES string of the molecule is C1CC2OC2CC1CC1CCC2CC1O2. The first-order chi connectivity index (χ1) is 7.38. The standard InChI is InChI=1S/C13H20O2/c1-4-11-13(15-11)6-8(1)5-9-2-3-10-7-12(9)14-10/h8-13H,1-7H2. The lowest BCUT2D eigenvalue weighted by Gasteiger charge is -2.47. The minimum Gasteiger partial charge on any atom is -0.375 e. The van der Waals surface area contributed by atoms with Crippen molar-refractivity contribution in [2.24, 2.45) is 11.8 Å². The van der Waals surface area contributed by atoms with E-state index in [1.54, 1.807) is 0 Å². The van der Waals surface area contributed by atoms with E-state index in [0.717, 1.165) is 11.8 Å². The molecule has 0 radical (unpaired) electrons. The summed E-state index contributed by atoms with van der Waals surface area (Å²) in [5.41, 5.74) is 0. The molecule has 0 N–H and O–H groups in total. The van der Waals surface area contributed by atoms with Gasteiger partial charge in [-0.1, -0.05) is 0 Å². The molecule has 3 aliphatic heterocycles. The summed E-state index contributed by atoms with van der Waals surface area (Å²) in [7, 11) is 0. The maximum absolute atomic E-state index is 5.84. The van der Waals surface area contributed by atoms with Gasteiger partial charge in [0.15, 0.2) is 0 Å². The smallest absolute Gasteiger partial charge is 0.0844 e. The van der Waals surface area contributed by atoms with E-state index in [2.05, 4.69) is 0 Å².